The van der Waals surface area contributed by atoms with E-state index in [0.717, 1.165) is 8.78 Å². The lowest BCUT2D eigenvalue weighted by molar-refractivity contribution is -0.116. The summed E-state index contributed by atoms with van der Waals surface area (Å²) in [6, 6.07) is 20.2. The first-order chi connectivity index (χ1) is 15.3. The van der Waals surface area contributed by atoms with Crippen LogP contribution < -0.4 is 10.1 Å². The van der Waals surface area contributed by atoms with E-state index in [1.165, 1.54) is 12.1 Å². The number of hydrogen-bond donors (Lipinski definition) is 1. The van der Waals surface area contributed by atoms with Gasteiger partial charge in [0, 0.05) is 16.0 Å². The Morgan fingerprint density at radius 2 is 1.69 bits per heavy atom. The lowest BCUT2D eigenvalue weighted by atomic mass is 10.2. The molecule has 3 aromatic carbocycles. The highest BCUT2D eigenvalue weighted by atomic mass is 79.9. The Balaban J connectivity index is 1.89. The Bertz CT molecular complexity index is 1190. The highest BCUT2D eigenvalue weighted by Crippen LogP contribution is 2.26. The second-order valence-electron chi connectivity index (χ2n) is 6.80. The van der Waals surface area contributed by atoms with Crippen LogP contribution in [-0.2, 0) is 21.4 Å². The van der Waals surface area contributed by atoms with Crippen molar-refractivity contribution in [2.45, 2.75) is 18.4 Å². The third-order valence-corrected chi connectivity index (χ3v) is 7.24. The summed E-state index contributed by atoms with van der Waals surface area (Å²) in [5, 5.41) is 3.17. The number of benzene rings is 3. The van der Waals surface area contributed by atoms with Gasteiger partial charge < -0.3 is 10.1 Å². The third kappa shape index (κ3) is 6.10. The van der Waals surface area contributed by atoms with Gasteiger partial charge in [-0.2, -0.15) is 4.31 Å². The molecule has 0 saturated carbocycles. The average Bonchev–Trinajstić information content (AvgIpc) is 2.76. The summed E-state index contributed by atoms with van der Waals surface area (Å²) in [7, 11) is -3.98. The van der Waals surface area contributed by atoms with Gasteiger partial charge in [0.25, 0.3) is 0 Å². The molecule has 0 aliphatic rings. The Kier molecular flexibility index (Phi) is 8.31. The van der Waals surface area contributed by atoms with Crippen molar-refractivity contribution in [1.82, 2.24) is 4.31 Å². The SMILES string of the molecule is CCOc1ccccc1NC(=O)CN(Cc1ccccc1Cl)S(=O)(=O)c1ccc(Br)cc1. The van der Waals surface area contributed by atoms with Crippen molar-refractivity contribution in [3.63, 3.8) is 0 Å². The van der Waals surface area contributed by atoms with E-state index in [0.29, 0.717) is 28.6 Å². The summed E-state index contributed by atoms with van der Waals surface area (Å²) in [5.41, 5.74) is 1.07. The summed E-state index contributed by atoms with van der Waals surface area (Å²) in [6.45, 7) is 1.82. The summed E-state index contributed by atoms with van der Waals surface area (Å²) in [4.78, 5) is 13.0. The Morgan fingerprint density at radius 1 is 1.03 bits per heavy atom. The molecule has 0 aliphatic heterocycles. The van der Waals surface area contributed by atoms with Gasteiger partial charge in [-0.1, -0.05) is 57.9 Å². The van der Waals surface area contributed by atoms with Crippen LogP contribution in [-0.4, -0.2) is 31.8 Å². The molecule has 1 N–H and O–H groups in total. The van der Waals surface area contributed by atoms with Crippen LogP contribution in [0.25, 0.3) is 0 Å². The molecule has 0 radical (unpaired) electrons. The molecule has 9 heteroatoms. The van der Waals surface area contributed by atoms with Crippen molar-refractivity contribution in [3.05, 3.63) is 87.9 Å². The van der Waals surface area contributed by atoms with Crippen molar-refractivity contribution < 1.29 is 17.9 Å². The lowest BCUT2D eigenvalue weighted by Gasteiger charge is -2.23. The second kappa shape index (κ2) is 11.0. The molecule has 0 aromatic heterocycles. The van der Waals surface area contributed by atoms with Crippen LogP contribution in [0.5, 0.6) is 5.75 Å². The molecule has 168 valence electrons. The van der Waals surface area contributed by atoms with E-state index in [2.05, 4.69) is 21.2 Å². The van der Waals surface area contributed by atoms with Crippen LogP contribution in [0.4, 0.5) is 5.69 Å². The standard InChI is InChI=1S/C23H22BrClN2O4S/c1-2-31-22-10-6-5-9-21(22)26-23(28)16-27(15-17-7-3-4-8-20(17)25)32(29,30)19-13-11-18(24)12-14-19/h3-14H,2,15-16H2,1H3,(H,26,28). The van der Waals surface area contributed by atoms with Crippen LogP contribution in [0.2, 0.25) is 5.02 Å². The molecule has 3 rings (SSSR count). The number of carbonyl (C=O) groups is 1. The van der Waals surface area contributed by atoms with E-state index in [4.69, 9.17) is 16.3 Å². The first-order valence-corrected chi connectivity index (χ1v) is 12.4. The van der Waals surface area contributed by atoms with Gasteiger partial charge in [-0.3, -0.25) is 4.79 Å². The van der Waals surface area contributed by atoms with Crippen molar-refractivity contribution >= 4 is 49.1 Å². The van der Waals surface area contributed by atoms with Gasteiger partial charge in [0.1, 0.15) is 5.75 Å². The van der Waals surface area contributed by atoms with Gasteiger partial charge in [-0.05, 0) is 55.0 Å². The zero-order valence-corrected chi connectivity index (χ0v) is 20.5. The number of amides is 1. The predicted octanol–water partition coefficient (Wildman–Crippen LogP) is 5.33. The van der Waals surface area contributed by atoms with Crippen LogP contribution in [0.1, 0.15) is 12.5 Å². The average molecular weight is 538 g/mol. The van der Waals surface area contributed by atoms with Gasteiger partial charge >= 0.3 is 0 Å². The number of nitrogens with zero attached hydrogens (tertiary/aromatic N) is 1. The number of hydrogen-bond acceptors (Lipinski definition) is 4. The molecule has 0 heterocycles. The molecule has 3 aromatic rings. The Morgan fingerprint density at radius 3 is 2.38 bits per heavy atom. The minimum absolute atomic E-state index is 0.0569. The minimum Gasteiger partial charge on any atom is -0.492 e. The predicted molar refractivity (Wildman–Crippen MR) is 129 cm³/mol. The molecule has 0 bridgehead atoms. The van der Waals surface area contributed by atoms with E-state index in [9.17, 15) is 13.2 Å². The van der Waals surface area contributed by atoms with Crippen LogP contribution >= 0.6 is 27.5 Å². The van der Waals surface area contributed by atoms with Gasteiger partial charge in [0.15, 0.2) is 0 Å². The van der Waals surface area contributed by atoms with Gasteiger partial charge in [-0.15, -0.1) is 0 Å². The normalized spacial score (nSPS) is 11.4. The molecule has 32 heavy (non-hydrogen) atoms. The van der Waals surface area contributed by atoms with Crippen molar-refractivity contribution in [3.8, 4) is 5.75 Å². The van der Waals surface area contributed by atoms with Gasteiger partial charge in [0.2, 0.25) is 15.9 Å². The van der Waals surface area contributed by atoms with Crippen molar-refractivity contribution in [1.29, 1.82) is 0 Å². The fraction of sp³-hybridized carbons (Fsp3) is 0.174. The summed E-state index contributed by atoms with van der Waals surface area (Å²) >= 11 is 9.57. The van der Waals surface area contributed by atoms with Crippen LogP contribution in [0, 0.1) is 0 Å². The number of sulfonamides is 1. The number of halogens is 2. The monoisotopic (exact) mass is 536 g/mol. The molecule has 0 unspecified atom stereocenters. The van der Waals surface area contributed by atoms with Gasteiger partial charge in [-0.25, -0.2) is 8.42 Å². The molecule has 1 amide bonds. The van der Waals surface area contributed by atoms with E-state index >= 15 is 0 Å². The van der Waals surface area contributed by atoms with E-state index < -0.39 is 22.5 Å². The van der Waals surface area contributed by atoms with Gasteiger partial charge in [0.05, 0.1) is 23.7 Å². The number of anilines is 1. The molecule has 0 aliphatic carbocycles. The fourth-order valence-corrected chi connectivity index (χ4v) is 4.83. The molecule has 0 fully saturated rings. The zero-order chi connectivity index (χ0) is 23.1. The van der Waals surface area contributed by atoms with Crippen molar-refractivity contribution in [2.75, 3.05) is 18.5 Å². The quantitative estimate of drug-likeness (QED) is 0.400. The number of carbonyl (C=O) groups excluding carboxylic acids is 1. The number of nitrogens with one attached hydrogen (secondary N) is 1. The maximum atomic E-state index is 13.4. The maximum Gasteiger partial charge on any atom is 0.243 e. The lowest BCUT2D eigenvalue weighted by Crippen LogP contribution is -2.37. The highest BCUT2D eigenvalue weighted by Gasteiger charge is 2.28. The van der Waals surface area contributed by atoms with E-state index in [1.807, 2.05) is 6.92 Å². The third-order valence-electron chi connectivity index (χ3n) is 4.54. The summed E-state index contributed by atoms with van der Waals surface area (Å²) in [6.07, 6.45) is 0. The van der Waals surface area contributed by atoms with E-state index in [-0.39, 0.29) is 11.4 Å². The first kappa shape index (κ1) is 24.3. The van der Waals surface area contributed by atoms with E-state index in [1.54, 1.807) is 60.7 Å². The summed E-state index contributed by atoms with van der Waals surface area (Å²) < 4.78 is 34.1. The molecule has 0 spiro atoms. The Hall–Kier alpha value is -2.39. The largest absolute Gasteiger partial charge is 0.492 e. The molecular formula is C23H22BrClN2O4S. The summed E-state index contributed by atoms with van der Waals surface area (Å²) in [5.74, 6) is 0.0154. The van der Waals surface area contributed by atoms with Crippen LogP contribution in [0.3, 0.4) is 0 Å². The highest BCUT2D eigenvalue weighted by molar-refractivity contribution is 9.10. The molecule has 0 saturated heterocycles. The number of rotatable bonds is 9. The second-order valence-corrected chi connectivity index (χ2v) is 10.1. The fourth-order valence-electron chi connectivity index (χ4n) is 3.00. The Labute approximate surface area is 201 Å². The van der Waals surface area contributed by atoms with Crippen LogP contribution in [0.15, 0.2) is 82.2 Å². The molecule has 6 nitrogen and oxygen atoms in total. The smallest absolute Gasteiger partial charge is 0.243 e. The number of para-hydroxylation sites is 2. The zero-order valence-electron chi connectivity index (χ0n) is 17.3. The molecular weight excluding hydrogens is 516 g/mol. The topological polar surface area (TPSA) is 75.7 Å². The first-order valence-electron chi connectivity index (χ1n) is 9.82. The number of ether oxygens (including phenoxy) is 1. The minimum atomic E-state index is -3.98. The maximum absolute atomic E-state index is 13.4. The van der Waals surface area contributed by atoms with Crippen molar-refractivity contribution in [2.24, 2.45) is 0 Å². The molecule has 0 atom stereocenters.